The fraction of sp³-hybridized carbons (Fsp3) is 0.533. The van der Waals surface area contributed by atoms with Gasteiger partial charge < -0.3 is 29.9 Å². The Bertz CT molecular complexity index is 858. The van der Waals surface area contributed by atoms with Crippen LogP contribution in [-0.2, 0) is 9.59 Å². The van der Waals surface area contributed by atoms with Crippen molar-refractivity contribution in [1.29, 1.82) is 0 Å². The third-order valence-electron chi connectivity index (χ3n) is 6.74. The van der Waals surface area contributed by atoms with Gasteiger partial charge in [0.2, 0.25) is 0 Å². The molecule has 2 aromatic carbocycles. The molecule has 3 rings (SSSR count). The number of ether oxygens (including phenoxy) is 2. The van der Waals surface area contributed by atoms with Gasteiger partial charge in [-0.3, -0.25) is 9.59 Å². The molecule has 0 saturated carbocycles. The standard InChI is InChI=1S/C30H44N4O4/c1-3-27(37-25-13-7-5-8-14-25)29(35)31-17-11-19-33-21-23-34(24-22-33)20-12-18-32-30(36)28(4-2)38-26-15-9-6-10-16-26/h5-10,13-16,27-28H,3-4,11-12,17-24H2,1-2H3,(H,31,35)(H,32,36). The van der Waals surface area contributed by atoms with Crippen molar-refractivity contribution in [3.05, 3.63) is 60.7 Å². The highest BCUT2D eigenvalue weighted by Gasteiger charge is 2.20. The molecule has 0 radical (unpaired) electrons. The second-order valence-electron chi connectivity index (χ2n) is 9.63. The zero-order chi connectivity index (χ0) is 27.0. The SMILES string of the molecule is CCC(Oc1ccccc1)C(=O)NCCCN1CCN(CCCNC(=O)C(CC)Oc2ccccc2)CC1. The summed E-state index contributed by atoms with van der Waals surface area (Å²) in [5, 5.41) is 6.05. The van der Waals surface area contributed by atoms with Gasteiger partial charge >= 0.3 is 0 Å². The van der Waals surface area contributed by atoms with Gasteiger partial charge in [-0.15, -0.1) is 0 Å². The van der Waals surface area contributed by atoms with E-state index < -0.39 is 12.2 Å². The van der Waals surface area contributed by atoms with Crippen molar-refractivity contribution in [2.75, 3.05) is 52.4 Å². The Labute approximate surface area is 227 Å². The lowest BCUT2D eigenvalue weighted by atomic mass is 10.2. The lowest BCUT2D eigenvalue weighted by Gasteiger charge is -2.34. The molecule has 2 unspecified atom stereocenters. The molecule has 0 aromatic heterocycles. The van der Waals surface area contributed by atoms with Crippen molar-refractivity contribution in [2.24, 2.45) is 0 Å². The number of piperazine rings is 1. The Morgan fingerprint density at radius 2 is 1.05 bits per heavy atom. The van der Waals surface area contributed by atoms with Gasteiger partial charge in [0.25, 0.3) is 11.8 Å². The fourth-order valence-electron chi connectivity index (χ4n) is 4.46. The van der Waals surface area contributed by atoms with E-state index in [1.165, 1.54) is 0 Å². The van der Waals surface area contributed by atoms with Gasteiger partial charge in [0, 0.05) is 39.3 Å². The van der Waals surface area contributed by atoms with Crippen LogP contribution < -0.4 is 20.1 Å². The van der Waals surface area contributed by atoms with Crippen molar-refractivity contribution in [2.45, 2.75) is 51.7 Å². The van der Waals surface area contributed by atoms with Crippen molar-refractivity contribution >= 4 is 11.8 Å². The Morgan fingerprint density at radius 1 is 0.684 bits per heavy atom. The summed E-state index contributed by atoms with van der Waals surface area (Å²) < 4.78 is 11.6. The predicted molar refractivity (Wildman–Crippen MR) is 150 cm³/mol. The molecule has 1 aliphatic heterocycles. The maximum Gasteiger partial charge on any atom is 0.261 e. The monoisotopic (exact) mass is 524 g/mol. The molecule has 2 amide bonds. The third kappa shape index (κ3) is 10.3. The van der Waals surface area contributed by atoms with Gasteiger partial charge in [-0.1, -0.05) is 50.2 Å². The Kier molecular flexibility index (Phi) is 12.9. The summed E-state index contributed by atoms with van der Waals surface area (Å²) in [5.41, 5.74) is 0. The van der Waals surface area contributed by atoms with Crippen LogP contribution >= 0.6 is 0 Å². The molecule has 0 bridgehead atoms. The molecule has 208 valence electrons. The molecular formula is C30H44N4O4. The molecule has 2 N–H and O–H groups in total. The van der Waals surface area contributed by atoms with Crippen LogP contribution in [0.5, 0.6) is 11.5 Å². The number of hydrogen-bond acceptors (Lipinski definition) is 6. The van der Waals surface area contributed by atoms with Crippen LogP contribution in [0.25, 0.3) is 0 Å². The highest BCUT2D eigenvalue weighted by Crippen LogP contribution is 2.13. The van der Waals surface area contributed by atoms with E-state index in [0.29, 0.717) is 25.9 Å². The molecule has 8 nitrogen and oxygen atoms in total. The van der Waals surface area contributed by atoms with Crippen LogP contribution in [0.1, 0.15) is 39.5 Å². The average Bonchev–Trinajstić information content (AvgIpc) is 2.96. The minimum Gasteiger partial charge on any atom is -0.481 e. The number of hydrogen-bond donors (Lipinski definition) is 2. The van der Waals surface area contributed by atoms with E-state index in [9.17, 15) is 9.59 Å². The molecule has 1 aliphatic rings. The average molecular weight is 525 g/mol. The Morgan fingerprint density at radius 3 is 1.39 bits per heavy atom. The van der Waals surface area contributed by atoms with E-state index in [-0.39, 0.29) is 11.8 Å². The minimum absolute atomic E-state index is 0.0508. The van der Waals surface area contributed by atoms with Crippen LogP contribution in [0.3, 0.4) is 0 Å². The normalized spacial score (nSPS) is 15.8. The molecule has 38 heavy (non-hydrogen) atoms. The quantitative estimate of drug-likeness (QED) is 0.328. The highest BCUT2D eigenvalue weighted by molar-refractivity contribution is 5.81. The van der Waals surface area contributed by atoms with E-state index in [2.05, 4.69) is 20.4 Å². The summed E-state index contributed by atoms with van der Waals surface area (Å²) in [6.07, 6.45) is 2.18. The summed E-state index contributed by atoms with van der Waals surface area (Å²) in [6.45, 7) is 11.3. The topological polar surface area (TPSA) is 83.1 Å². The molecule has 0 spiro atoms. The molecule has 2 atom stereocenters. The molecule has 1 heterocycles. The smallest absolute Gasteiger partial charge is 0.261 e. The predicted octanol–water partition coefficient (Wildman–Crippen LogP) is 3.33. The zero-order valence-electron chi connectivity index (χ0n) is 22.9. The van der Waals surface area contributed by atoms with E-state index in [1.807, 2.05) is 74.5 Å². The maximum absolute atomic E-state index is 12.5. The molecular weight excluding hydrogens is 480 g/mol. The van der Waals surface area contributed by atoms with E-state index >= 15 is 0 Å². The number of carbonyl (C=O) groups excluding carboxylic acids is 2. The van der Waals surface area contributed by atoms with Gasteiger partial charge in [0.05, 0.1) is 0 Å². The van der Waals surface area contributed by atoms with Crippen LogP contribution in [0.15, 0.2) is 60.7 Å². The van der Waals surface area contributed by atoms with Crippen LogP contribution in [0, 0.1) is 0 Å². The highest BCUT2D eigenvalue weighted by atomic mass is 16.5. The third-order valence-corrected chi connectivity index (χ3v) is 6.74. The second-order valence-corrected chi connectivity index (χ2v) is 9.63. The van der Waals surface area contributed by atoms with Gasteiger partial charge in [-0.2, -0.15) is 0 Å². The van der Waals surface area contributed by atoms with E-state index in [0.717, 1.165) is 63.6 Å². The molecule has 2 aromatic rings. The van der Waals surface area contributed by atoms with Crippen molar-refractivity contribution < 1.29 is 19.1 Å². The maximum atomic E-state index is 12.5. The van der Waals surface area contributed by atoms with Crippen molar-refractivity contribution in [3.63, 3.8) is 0 Å². The van der Waals surface area contributed by atoms with Gasteiger partial charge in [0.15, 0.2) is 12.2 Å². The first-order valence-corrected chi connectivity index (χ1v) is 14.0. The van der Waals surface area contributed by atoms with Crippen molar-refractivity contribution in [1.82, 2.24) is 20.4 Å². The number of rotatable bonds is 16. The van der Waals surface area contributed by atoms with Gasteiger partial charge in [-0.05, 0) is 63.0 Å². The van der Waals surface area contributed by atoms with Gasteiger partial charge in [0.1, 0.15) is 11.5 Å². The van der Waals surface area contributed by atoms with E-state index in [4.69, 9.17) is 9.47 Å². The minimum atomic E-state index is -0.463. The molecule has 8 heteroatoms. The summed E-state index contributed by atoms with van der Waals surface area (Å²) in [5.74, 6) is 1.34. The summed E-state index contributed by atoms with van der Waals surface area (Å²) in [6, 6.07) is 19.0. The first-order valence-electron chi connectivity index (χ1n) is 14.0. The lowest BCUT2D eigenvalue weighted by Crippen LogP contribution is -2.48. The first-order chi connectivity index (χ1) is 18.6. The first kappa shape index (κ1) is 29.5. The second kappa shape index (κ2) is 16.7. The summed E-state index contributed by atoms with van der Waals surface area (Å²) >= 11 is 0. The molecule has 1 saturated heterocycles. The van der Waals surface area contributed by atoms with Crippen LogP contribution in [-0.4, -0.2) is 86.2 Å². The summed E-state index contributed by atoms with van der Waals surface area (Å²) in [7, 11) is 0. The Balaban J connectivity index is 1.22. The largest absolute Gasteiger partial charge is 0.481 e. The number of nitrogens with one attached hydrogen (secondary N) is 2. The lowest BCUT2D eigenvalue weighted by molar-refractivity contribution is -0.128. The number of nitrogens with zero attached hydrogens (tertiary/aromatic N) is 2. The molecule has 1 fully saturated rings. The van der Waals surface area contributed by atoms with Gasteiger partial charge in [-0.25, -0.2) is 0 Å². The Hall–Kier alpha value is -3.10. The summed E-state index contributed by atoms with van der Waals surface area (Å²) in [4.78, 5) is 29.9. The van der Waals surface area contributed by atoms with Crippen LogP contribution in [0.2, 0.25) is 0 Å². The van der Waals surface area contributed by atoms with Crippen molar-refractivity contribution in [3.8, 4) is 11.5 Å². The number of amides is 2. The fourth-order valence-corrected chi connectivity index (χ4v) is 4.46. The molecule has 0 aliphatic carbocycles. The zero-order valence-corrected chi connectivity index (χ0v) is 22.9. The number of benzene rings is 2. The number of para-hydroxylation sites is 2. The van der Waals surface area contributed by atoms with E-state index in [1.54, 1.807) is 0 Å². The number of carbonyl (C=O) groups is 2. The van der Waals surface area contributed by atoms with Crippen LogP contribution in [0.4, 0.5) is 0 Å².